The Morgan fingerprint density at radius 2 is 0.885 bits per heavy atom. The van der Waals surface area contributed by atoms with Gasteiger partial charge in [-0.2, -0.15) is 0 Å². The highest BCUT2D eigenvalue weighted by Gasteiger charge is 2.31. The zero-order valence-corrected chi connectivity index (χ0v) is 28.4. The van der Waals surface area contributed by atoms with Gasteiger partial charge in [-0.15, -0.1) is 0 Å². The summed E-state index contributed by atoms with van der Waals surface area (Å²) in [6.07, 6.45) is 0. The fourth-order valence-corrected chi connectivity index (χ4v) is 7.81. The van der Waals surface area contributed by atoms with Crippen LogP contribution in [-0.2, 0) is 0 Å². The summed E-state index contributed by atoms with van der Waals surface area (Å²) in [4.78, 5) is 7.56. The Hall–Kier alpha value is -6.97. The molecule has 0 amide bonds. The SMILES string of the molecule is c1ccc(-c2cc(-c3cccc(-n4c5c(c6ccccc64)-c4ccccc4N(c4ccccc4)c4ccccc4-5)c3)cc(-c3ccccc3)n2)cc1. The van der Waals surface area contributed by atoms with Crippen molar-refractivity contribution < 1.29 is 0 Å². The minimum absolute atomic E-state index is 0.953. The van der Waals surface area contributed by atoms with Crippen LogP contribution in [0.1, 0.15) is 0 Å². The van der Waals surface area contributed by atoms with E-state index in [2.05, 4.69) is 210 Å². The fourth-order valence-electron chi connectivity index (χ4n) is 7.81. The second-order valence-corrected chi connectivity index (χ2v) is 13.2. The lowest BCUT2D eigenvalue weighted by atomic mass is 9.98. The topological polar surface area (TPSA) is 21.1 Å². The van der Waals surface area contributed by atoms with Crippen molar-refractivity contribution in [3.05, 3.63) is 200 Å². The zero-order valence-electron chi connectivity index (χ0n) is 28.4. The predicted octanol–water partition coefficient (Wildman–Crippen LogP) is 13.1. The van der Waals surface area contributed by atoms with Crippen LogP contribution in [0.4, 0.5) is 17.1 Å². The highest BCUT2D eigenvalue weighted by Crippen LogP contribution is 2.54. The van der Waals surface area contributed by atoms with Crippen molar-refractivity contribution in [2.45, 2.75) is 0 Å². The van der Waals surface area contributed by atoms with Crippen LogP contribution in [0, 0.1) is 0 Å². The molecule has 0 saturated heterocycles. The van der Waals surface area contributed by atoms with Gasteiger partial charge in [-0.05, 0) is 65.7 Å². The van der Waals surface area contributed by atoms with Crippen LogP contribution in [0.5, 0.6) is 0 Å². The predicted molar refractivity (Wildman–Crippen MR) is 216 cm³/mol. The number of fused-ring (bicyclic) bond motifs is 7. The molecule has 3 heteroatoms. The molecule has 3 nitrogen and oxygen atoms in total. The second-order valence-electron chi connectivity index (χ2n) is 13.2. The molecule has 0 fully saturated rings. The van der Waals surface area contributed by atoms with E-state index in [-0.39, 0.29) is 0 Å². The van der Waals surface area contributed by atoms with E-state index < -0.39 is 0 Å². The largest absolute Gasteiger partial charge is 0.309 e. The first kappa shape index (κ1) is 29.9. The van der Waals surface area contributed by atoms with Crippen molar-refractivity contribution in [2.24, 2.45) is 0 Å². The summed E-state index contributed by atoms with van der Waals surface area (Å²) in [7, 11) is 0. The number of aromatic nitrogens is 2. The lowest BCUT2D eigenvalue weighted by molar-refractivity contribution is 1.13. The number of pyridine rings is 1. The molecule has 2 aromatic heterocycles. The normalized spacial score (nSPS) is 11.8. The van der Waals surface area contributed by atoms with E-state index in [1.807, 2.05) is 0 Å². The van der Waals surface area contributed by atoms with Gasteiger partial charge in [0.25, 0.3) is 0 Å². The Labute approximate surface area is 303 Å². The molecule has 10 rings (SSSR count). The first-order valence-corrected chi connectivity index (χ1v) is 17.7. The summed E-state index contributed by atoms with van der Waals surface area (Å²) >= 11 is 0. The van der Waals surface area contributed by atoms with Gasteiger partial charge in [-0.3, -0.25) is 0 Å². The molecule has 0 saturated carbocycles. The Morgan fingerprint density at radius 1 is 0.365 bits per heavy atom. The highest BCUT2D eigenvalue weighted by atomic mass is 15.2. The minimum Gasteiger partial charge on any atom is -0.309 e. The van der Waals surface area contributed by atoms with Crippen LogP contribution in [0.3, 0.4) is 0 Å². The fraction of sp³-hybridized carbons (Fsp3) is 0. The summed E-state index contributed by atoms with van der Waals surface area (Å²) in [5.74, 6) is 0. The molecule has 1 aliphatic heterocycles. The summed E-state index contributed by atoms with van der Waals surface area (Å²) < 4.78 is 2.47. The van der Waals surface area contributed by atoms with Crippen LogP contribution in [0.25, 0.3) is 72.6 Å². The lowest BCUT2D eigenvalue weighted by Crippen LogP contribution is -2.11. The number of benzene rings is 7. The molecule has 0 radical (unpaired) electrons. The first-order chi connectivity index (χ1) is 25.8. The molecule has 9 aromatic rings. The van der Waals surface area contributed by atoms with Crippen LogP contribution < -0.4 is 4.90 Å². The van der Waals surface area contributed by atoms with E-state index in [0.717, 1.165) is 56.4 Å². The van der Waals surface area contributed by atoms with Gasteiger partial charge in [0.15, 0.2) is 0 Å². The quantitative estimate of drug-likeness (QED) is 0.183. The molecular weight excluding hydrogens is 631 g/mol. The van der Waals surface area contributed by atoms with Gasteiger partial charge in [0, 0.05) is 44.6 Å². The van der Waals surface area contributed by atoms with Gasteiger partial charge >= 0.3 is 0 Å². The van der Waals surface area contributed by atoms with E-state index in [1.165, 1.54) is 33.3 Å². The molecule has 52 heavy (non-hydrogen) atoms. The monoisotopic (exact) mass is 663 g/mol. The molecule has 0 N–H and O–H groups in total. The van der Waals surface area contributed by atoms with E-state index >= 15 is 0 Å². The van der Waals surface area contributed by atoms with E-state index in [9.17, 15) is 0 Å². The van der Waals surface area contributed by atoms with Crippen molar-refractivity contribution in [1.82, 2.24) is 9.55 Å². The molecule has 0 atom stereocenters. The maximum absolute atomic E-state index is 5.15. The summed E-state index contributed by atoms with van der Waals surface area (Å²) in [5.41, 5.74) is 16.9. The number of nitrogens with zero attached hydrogens (tertiary/aromatic N) is 3. The average Bonchev–Trinajstić information content (AvgIpc) is 3.51. The standard InChI is InChI=1S/C49H33N3/c1-4-17-34(18-5-1)43-32-37(33-44(50-43)35-19-6-2-7-20-35)36-21-16-24-39(31-36)52-46-29-14-11-26-41(46)48-40-25-10-13-28-45(40)51(38-22-8-3-9-23-38)47-30-15-12-27-42(47)49(48)52/h1-33H. The first-order valence-electron chi connectivity index (χ1n) is 17.7. The number of hydrogen-bond acceptors (Lipinski definition) is 2. The van der Waals surface area contributed by atoms with E-state index in [0.29, 0.717) is 0 Å². The Bertz CT molecular complexity index is 2670. The number of anilines is 3. The second kappa shape index (κ2) is 12.4. The van der Waals surface area contributed by atoms with Gasteiger partial charge < -0.3 is 9.47 Å². The third-order valence-corrected chi connectivity index (χ3v) is 10.1. The molecule has 0 bridgehead atoms. The molecule has 0 aliphatic carbocycles. The Balaban J connectivity index is 1.23. The number of hydrogen-bond donors (Lipinski definition) is 0. The molecular formula is C49H33N3. The van der Waals surface area contributed by atoms with Gasteiger partial charge in [0.1, 0.15) is 0 Å². The van der Waals surface area contributed by atoms with Gasteiger partial charge in [0.05, 0.1) is 34.0 Å². The molecule has 1 aliphatic rings. The summed E-state index contributed by atoms with van der Waals surface area (Å²) in [6.45, 7) is 0. The van der Waals surface area contributed by atoms with Crippen molar-refractivity contribution in [3.63, 3.8) is 0 Å². The maximum atomic E-state index is 5.15. The van der Waals surface area contributed by atoms with E-state index in [4.69, 9.17) is 4.98 Å². The Morgan fingerprint density at radius 3 is 1.58 bits per heavy atom. The zero-order chi connectivity index (χ0) is 34.4. The van der Waals surface area contributed by atoms with Crippen LogP contribution >= 0.6 is 0 Å². The lowest BCUT2D eigenvalue weighted by Gasteiger charge is -2.27. The molecule has 0 spiro atoms. The van der Waals surface area contributed by atoms with Crippen LogP contribution in [-0.4, -0.2) is 9.55 Å². The minimum atomic E-state index is 0.953. The van der Waals surface area contributed by atoms with Crippen molar-refractivity contribution in [2.75, 3.05) is 4.90 Å². The van der Waals surface area contributed by atoms with E-state index in [1.54, 1.807) is 0 Å². The van der Waals surface area contributed by atoms with Crippen molar-refractivity contribution in [3.8, 4) is 61.7 Å². The van der Waals surface area contributed by atoms with Crippen LogP contribution in [0.15, 0.2) is 200 Å². The van der Waals surface area contributed by atoms with Gasteiger partial charge in [0.2, 0.25) is 0 Å². The van der Waals surface area contributed by atoms with Crippen LogP contribution in [0.2, 0.25) is 0 Å². The average molecular weight is 664 g/mol. The molecule has 7 aromatic carbocycles. The van der Waals surface area contributed by atoms with Gasteiger partial charge in [-0.25, -0.2) is 4.98 Å². The maximum Gasteiger partial charge on any atom is 0.0715 e. The Kier molecular flexibility index (Phi) is 7.14. The highest BCUT2D eigenvalue weighted by molar-refractivity contribution is 6.13. The third kappa shape index (κ3) is 4.94. The molecule has 244 valence electrons. The summed E-state index contributed by atoms with van der Waals surface area (Å²) in [5, 5.41) is 1.22. The number of rotatable bonds is 5. The van der Waals surface area contributed by atoms with Crippen molar-refractivity contribution in [1.29, 1.82) is 0 Å². The molecule has 3 heterocycles. The molecule has 0 unspecified atom stereocenters. The third-order valence-electron chi connectivity index (χ3n) is 10.1. The van der Waals surface area contributed by atoms with Crippen molar-refractivity contribution >= 4 is 28.0 Å². The number of para-hydroxylation sites is 4. The van der Waals surface area contributed by atoms with Gasteiger partial charge in [-0.1, -0.05) is 146 Å². The smallest absolute Gasteiger partial charge is 0.0715 e. The summed E-state index contributed by atoms with van der Waals surface area (Å²) in [6, 6.07) is 71.5.